The quantitative estimate of drug-likeness (QED) is 0.0425. The minimum atomic E-state index is -2.55. The number of Topliss-reactive ketones (excluding diaryl/α,β-unsaturated/α-hetero) is 2. The zero-order chi connectivity index (χ0) is 50.1. The van der Waals surface area contributed by atoms with E-state index in [0.717, 1.165) is 40.5 Å². The summed E-state index contributed by atoms with van der Waals surface area (Å²) >= 11 is 0. The minimum Gasteiger partial charge on any atom is -0.402 e. The zero-order valence-corrected chi connectivity index (χ0v) is 42.4. The number of hydrogen-bond acceptors (Lipinski definition) is 10. The molecule has 0 spiro atoms. The van der Waals surface area contributed by atoms with Crippen LogP contribution in [0.15, 0.2) is 131 Å². The second kappa shape index (κ2) is 20.6. The number of allylic oxidation sites excluding steroid dienone is 8. The van der Waals surface area contributed by atoms with Crippen molar-refractivity contribution in [3.63, 3.8) is 0 Å². The first kappa shape index (κ1) is 50.1. The van der Waals surface area contributed by atoms with Crippen LogP contribution in [0.3, 0.4) is 0 Å². The Morgan fingerprint density at radius 2 is 1.77 bits per heavy atom. The van der Waals surface area contributed by atoms with Crippen molar-refractivity contribution in [2.75, 3.05) is 26.5 Å². The van der Waals surface area contributed by atoms with Gasteiger partial charge < -0.3 is 15.0 Å². The van der Waals surface area contributed by atoms with Crippen molar-refractivity contribution >= 4 is 43.6 Å². The number of halogens is 1. The fraction of sp³-hybridized carbons (Fsp3) is 0.411. The molecule has 1 unspecified atom stereocenters. The number of aromatic nitrogens is 3. The Kier molecular flexibility index (Phi) is 14.8. The molecule has 3 N–H and O–H groups in total. The molecule has 12 nitrogen and oxygen atoms in total. The molecule has 3 heterocycles. The first-order valence-corrected chi connectivity index (χ1v) is 26.3. The fourth-order valence-corrected chi connectivity index (χ4v) is 11.3. The first-order chi connectivity index (χ1) is 33.5. The van der Waals surface area contributed by atoms with E-state index in [9.17, 15) is 18.6 Å². The Bertz CT molecular complexity index is 3170. The van der Waals surface area contributed by atoms with Crippen molar-refractivity contribution in [2.24, 2.45) is 26.9 Å². The largest absolute Gasteiger partial charge is 0.438 e. The molecule has 8 rings (SSSR count). The van der Waals surface area contributed by atoms with Gasteiger partial charge in [0.2, 0.25) is 0 Å². The Hall–Kier alpha value is -6.25. The molecule has 70 heavy (non-hydrogen) atoms. The lowest BCUT2D eigenvalue weighted by molar-refractivity contribution is -0.119. The highest BCUT2D eigenvalue weighted by atomic mass is 32.2. The molecular formula is C56H65FN6O6S. The number of carbonyl (C=O) groups is 2. The molecule has 3 aromatic carbocycles. The maximum absolute atomic E-state index is 15.1. The van der Waals surface area contributed by atoms with Crippen LogP contribution < -0.4 is 11.5 Å². The molecule has 1 saturated carbocycles. The molecule has 14 heteroatoms. The van der Waals surface area contributed by atoms with E-state index in [-0.39, 0.29) is 42.1 Å². The summed E-state index contributed by atoms with van der Waals surface area (Å²) in [6, 6.07) is 19.0. The summed E-state index contributed by atoms with van der Waals surface area (Å²) in [5, 5.41) is 5.12. The van der Waals surface area contributed by atoms with Crippen LogP contribution in [-0.4, -0.2) is 62.7 Å². The van der Waals surface area contributed by atoms with Crippen LogP contribution in [0.25, 0.3) is 10.9 Å². The van der Waals surface area contributed by atoms with Crippen LogP contribution in [0.2, 0.25) is 0 Å². The Balaban J connectivity index is 1.14. The van der Waals surface area contributed by atoms with Crippen LogP contribution in [-0.2, 0) is 24.8 Å². The Morgan fingerprint density at radius 1 is 1.07 bits per heavy atom. The number of H-pyrrole nitrogens is 1. The molecule has 368 valence electrons. The van der Waals surface area contributed by atoms with Crippen molar-refractivity contribution < 1.29 is 27.4 Å². The van der Waals surface area contributed by atoms with Gasteiger partial charge in [0.1, 0.15) is 17.1 Å². The minimum absolute atomic E-state index is 0.0127. The summed E-state index contributed by atoms with van der Waals surface area (Å²) in [7, 11) is -1.02. The van der Waals surface area contributed by atoms with Crippen LogP contribution in [0.4, 0.5) is 10.1 Å². The summed E-state index contributed by atoms with van der Waals surface area (Å²) < 4.78 is 44.9. The molecule has 2 aromatic heterocycles. The number of rotatable bonds is 16. The second-order valence-corrected chi connectivity index (χ2v) is 21.9. The van der Waals surface area contributed by atoms with Crippen molar-refractivity contribution in [2.45, 2.75) is 115 Å². The van der Waals surface area contributed by atoms with Crippen LogP contribution in [0.5, 0.6) is 0 Å². The third kappa shape index (κ3) is 10.0. The van der Waals surface area contributed by atoms with E-state index < -0.39 is 26.9 Å². The molecular weight excluding hydrogens is 904 g/mol. The van der Waals surface area contributed by atoms with Crippen LogP contribution in [0.1, 0.15) is 129 Å². The lowest BCUT2D eigenvalue weighted by Crippen LogP contribution is -2.27. The number of fused-ring (bicyclic) bond motifs is 1. The van der Waals surface area contributed by atoms with Gasteiger partial charge in [0, 0.05) is 78.3 Å². The molecule has 2 aliphatic carbocycles. The molecule has 5 atom stereocenters. The molecule has 3 aliphatic rings. The van der Waals surface area contributed by atoms with E-state index in [2.05, 4.69) is 57.2 Å². The number of aryl methyl sites for hydroxylation is 2. The molecule has 0 bridgehead atoms. The molecule has 1 aliphatic heterocycles. The first-order valence-electron chi connectivity index (χ1n) is 24.4. The number of hydrogen-bond donors (Lipinski definition) is 2. The van der Waals surface area contributed by atoms with Crippen molar-refractivity contribution in [3.8, 4) is 0 Å². The van der Waals surface area contributed by atoms with Gasteiger partial charge >= 0.3 is 5.76 Å². The standard InChI is InChI=1S/C56H65FN6O6S/c1-9-10-12-42(31-50(65)36(5)39-15-19-45(20-16-39)70(8,67)59-7)53(60-44-27-33(2)52(57)34(3)28-44)51-37(6)38(13-11-14-46(51)58)18-22-49(64)48-30-43-29-41(40-23-25-68-26-24-40)17-21-47(43)63(48)56(32-35(56)4)54-61-55(66)69-62-54/h9-10,12-13,15-17,19-21,27-30,35-37,40H,11,14,18,22-26,31-32,58H2,1-8H3,(H,61,62,66)/b10-9-,42-12-,60-53?/t35-,36?,37+,56-,70+/m0/s1. The Labute approximate surface area is 410 Å². The number of ether oxygens (including phenoxy) is 1. The maximum atomic E-state index is 15.1. The highest BCUT2D eigenvalue weighted by Crippen LogP contribution is 2.56. The van der Waals surface area contributed by atoms with Gasteiger partial charge in [-0.25, -0.2) is 22.7 Å². The normalized spacial score (nSPS) is 21.7. The van der Waals surface area contributed by atoms with E-state index in [0.29, 0.717) is 95.0 Å². The number of benzene rings is 3. The summed E-state index contributed by atoms with van der Waals surface area (Å²) in [6.45, 7) is 12.8. The van der Waals surface area contributed by atoms with Gasteiger partial charge in [-0.1, -0.05) is 74.0 Å². The fourth-order valence-electron chi connectivity index (χ4n) is 10.5. The third-order valence-electron chi connectivity index (χ3n) is 14.8. The number of aromatic amines is 1. The van der Waals surface area contributed by atoms with Gasteiger partial charge in [0.15, 0.2) is 11.6 Å². The summed E-state index contributed by atoms with van der Waals surface area (Å²) in [5.41, 5.74) is 14.8. The van der Waals surface area contributed by atoms with E-state index in [1.54, 1.807) is 44.4 Å². The molecule has 0 radical (unpaired) electrons. The topological polar surface area (TPSA) is 175 Å². The molecule has 0 amide bonds. The summed E-state index contributed by atoms with van der Waals surface area (Å²) in [4.78, 5) is 50.4. The Morgan fingerprint density at radius 3 is 2.40 bits per heavy atom. The predicted molar refractivity (Wildman–Crippen MR) is 275 cm³/mol. The van der Waals surface area contributed by atoms with Crippen molar-refractivity contribution in [3.05, 3.63) is 158 Å². The molecule has 5 aromatic rings. The van der Waals surface area contributed by atoms with E-state index in [4.69, 9.17) is 20.0 Å². The number of nitrogens with one attached hydrogen (secondary N) is 1. The van der Waals surface area contributed by atoms with Crippen molar-refractivity contribution in [1.29, 1.82) is 0 Å². The van der Waals surface area contributed by atoms with E-state index in [1.165, 1.54) is 12.6 Å². The average Bonchev–Trinajstić information content (AvgIpc) is 3.64. The highest BCUT2D eigenvalue weighted by molar-refractivity contribution is 7.93. The van der Waals surface area contributed by atoms with E-state index >= 15 is 4.39 Å². The number of nitrogens with zero attached hydrogens (tertiary/aromatic N) is 4. The second-order valence-electron chi connectivity index (χ2n) is 19.4. The third-order valence-corrected chi connectivity index (χ3v) is 16.7. The number of carbonyl (C=O) groups excluding carboxylic acids is 2. The predicted octanol–water partition coefficient (Wildman–Crippen LogP) is 11.4. The van der Waals surface area contributed by atoms with E-state index in [1.807, 2.05) is 50.3 Å². The maximum Gasteiger partial charge on any atom is 0.438 e. The van der Waals surface area contributed by atoms with Crippen LogP contribution >= 0.6 is 0 Å². The SMILES string of the molecule is C/C=C\C=C(\CC(=O)C(C)c1ccc([S@@](C)(=O)=NC)cc1)C(=Nc1cc(C)c(F)c(C)c1)C1=C(N)CCC=C(CCC(=O)c2cc3cc(C4CCOCC4)ccc3n2[C@@]2(c3noc(=O)[nH]3)C[C@@H]2C)[C@H]1C. The van der Waals surface area contributed by atoms with Gasteiger partial charge in [-0.15, -0.1) is 0 Å². The molecule has 1 saturated heterocycles. The number of aliphatic imine (C=N–C) groups is 1. The van der Waals surface area contributed by atoms with Gasteiger partial charge in [-0.05, 0) is 141 Å². The monoisotopic (exact) mass is 968 g/mol. The number of nitrogens with two attached hydrogens (primary N) is 1. The lowest BCUT2D eigenvalue weighted by atomic mass is 9.82. The van der Waals surface area contributed by atoms with Crippen molar-refractivity contribution in [1.82, 2.24) is 14.7 Å². The lowest BCUT2D eigenvalue weighted by Gasteiger charge is -2.25. The highest BCUT2D eigenvalue weighted by Gasteiger charge is 2.59. The van der Waals surface area contributed by atoms with Crippen LogP contribution in [0, 0.1) is 31.5 Å². The molecule has 2 fully saturated rings. The zero-order valence-electron chi connectivity index (χ0n) is 41.6. The number of ketones is 2. The summed E-state index contributed by atoms with van der Waals surface area (Å²) in [5.74, 6) is -1.07. The van der Waals surface area contributed by atoms with Gasteiger partial charge in [-0.2, -0.15) is 0 Å². The smallest absolute Gasteiger partial charge is 0.402 e. The average molecular weight is 969 g/mol. The van der Waals surface area contributed by atoms with Gasteiger partial charge in [0.25, 0.3) is 0 Å². The van der Waals surface area contributed by atoms with Gasteiger partial charge in [0.05, 0.1) is 26.8 Å². The van der Waals surface area contributed by atoms with Gasteiger partial charge in [-0.3, -0.25) is 19.1 Å². The summed E-state index contributed by atoms with van der Waals surface area (Å²) in [6.07, 6.45) is 13.7.